The largest absolute Gasteiger partial charge is 0.457 e. The molecule has 0 bridgehead atoms. The lowest BCUT2D eigenvalue weighted by Gasteiger charge is -2.06. The standard InChI is InChI=1S/C11H6Br2N2O4/c12-8-5-6(15(17)18)1-2-9(8)14-11(16)7-3-4-19-10(7)13/h1-5H,(H,14,16). The van der Waals surface area contributed by atoms with Gasteiger partial charge in [-0.1, -0.05) is 0 Å². The molecule has 1 amide bonds. The van der Waals surface area contributed by atoms with E-state index < -0.39 is 4.92 Å². The van der Waals surface area contributed by atoms with Crippen LogP contribution in [0.15, 0.2) is 44.1 Å². The first-order valence-electron chi connectivity index (χ1n) is 4.97. The molecule has 0 atom stereocenters. The summed E-state index contributed by atoms with van der Waals surface area (Å²) in [6.07, 6.45) is 1.38. The maximum atomic E-state index is 11.9. The molecular weight excluding hydrogens is 384 g/mol. The Kier molecular flexibility index (Phi) is 4.01. The highest BCUT2D eigenvalue weighted by molar-refractivity contribution is 9.10. The average Bonchev–Trinajstić information content (AvgIpc) is 2.77. The zero-order valence-corrected chi connectivity index (χ0v) is 12.4. The van der Waals surface area contributed by atoms with Crippen LogP contribution in [0.5, 0.6) is 0 Å². The minimum atomic E-state index is -0.511. The maximum absolute atomic E-state index is 11.9. The molecular formula is C11H6Br2N2O4. The van der Waals surface area contributed by atoms with Crippen LogP contribution in [0.3, 0.4) is 0 Å². The molecule has 8 heteroatoms. The second-order valence-corrected chi connectivity index (χ2v) is 5.06. The van der Waals surface area contributed by atoms with Gasteiger partial charge in [-0.2, -0.15) is 0 Å². The molecule has 2 aromatic rings. The van der Waals surface area contributed by atoms with Gasteiger partial charge in [0.05, 0.1) is 22.4 Å². The third-order valence-electron chi connectivity index (χ3n) is 2.27. The maximum Gasteiger partial charge on any atom is 0.270 e. The first-order chi connectivity index (χ1) is 8.99. The van der Waals surface area contributed by atoms with Crippen molar-refractivity contribution in [1.82, 2.24) is 0 Å². The lowest BCUT2D eigenvalue weighted by atomic mass is 10.2. The van der Waals surface area contributed by atoms with Crippen molar-refractivity contribution < 1.29 is 14.1 Å². The van der Waals surface area contributed by atoms with E-state index in [1.165, 1.54) is 30.5 Å². The normalized spacial score (nSPS) is 10.2. The third-order valence-corrected chi connectivity index (χ3v) is 3.54. The number of nitrogens with zero attached hydrogens (tertiary/aromatic N) is 1. The second-order valence-electron chi connectivity index (χ2n) is 3.48. The van der Waals surface area contributed by atoms with Gasteiger partial charge in [0, 0.05) is 16.6 Å². The Balaban J connectivity index is 2.23. The highest BCUT2D eigenvalue weighted by Gasteiger charge is 2.15. The van der Waals surface area contributed by atoms with Gasteiger partial charge in [-0.25, -0.2) is 0 Å². The quantitative estimate of drug-likeness (QED) is 0.635. The van der Waals surface area contributed by atoms with Gasteiger partial charge in [0.2, 0.25) is 0 Å². The number of furan rings is 1. The van der Waals surface area contributed by atoms with E-state index >= 15 is 0 Å². The summed E-state index contributed by atoms with van der Waals surface area (Å²) in [7, 11) is 0. The topological polar surface area (TPSA) is 85.4 Å². The predicted molar refractivity (Wildman–Crippen MR) is 75.2 cm³/mol. The lowest BCUT2D eigenvalue weighted by molar-refractivity contribution is -0.384. The van der Waals surface area contributed by atoms with Crippen LogP contribution < -0.4 is 5.32 Å². The lowest BCUT2D eigenvalue weighted by Crippen LogP contribution is -2.11. The van der Waals surface area contributed by atoms with Crippen LogP contribution in [0.2, 0.25) is 0 Å². The molecule has 1 heterocycles. The molecule has 0 aliphatic carbocycles. The van der Waals surface area contributed by atoms with Crippen LogP contribution in [0.1, 0.15) is 10.4 Å². The number of amides is 1. The minimum absolute atomic E-state index is 0.0608. The fourth-order valence-corrected chi connectivity index (χ4v) is 2.25. The van der Waals surface area contributed by atoms with Gasteiger partial charge in [-0.05, 0) is 44.0 Å². The Labute approximate surface area is 124 Å². The predicted octanol–water partition coefficient (Wildman–Crippen LogP) is 3.97. The first kappa shape index (κ1) is 13.8. The zero-order chi connectivity index (χ0) is 14.0. The Bertz CT molecular complexity index is 654. The third kappa shape index (κ3) is 3.02. The summed E-state index contributed by atoms with van der Waals surface area (Å²) >= 11 is 6.27. The molecule has 0 saturated heterocycles. The first-order valence-corrected chi connectivity index (χ1v) is 6.56. The Morgan fingerprint density at radius 2 is 2.05 bits per heavy atom. The number of nitro groups is 1. The van der Waals surface area contributed by atoms with Crippen molar-refractivity contribution in [2.75, 3.05) is 5.32 Å². The molecule has 1 N–H and O–H groups in total. The molecule has 0 fully saturated rings. The van der Waals surface area contributed by atoms with Crippen LogP contribution >= 0.6 is 31.9 Å². The SMILES string of the molecule is O=C(Nc1ccc([N+](=O)[O-])cc1Br)c1ccoc1Br. The number of non-ortho nitro benzene ring substituents is 1. The van der Waals surface area contributed by atoms with Crippen LogP contribution in [-0.2, 0) is 0 Å². The monoisotopic (exact) mass is 388 g/mol. The minimum Gasteiger partial charge on any atom is -0.457 e. The number of anilines is 1. The van der Waals surface area contributed by atoms with Crippen LogP contribution in [0, 0.1) is 10.1 Å². The van der Waals surface area contributed by atoms with Crippen molar-refractivity contribution in [1.29, 1.82) is 0 Å². The van der Waals surface area contributed by atoms with E-state index in [0.717, 1.165) is 0 Å². The molecule has 6 nitrogen and oxygen atoms in total. The van der Waals surface area contributed by atoms with E-state index in [1.54, 1.807) is 0 Å². The highest BCUT2D eigenvalue weighted by Crippen LogP contribution is 2.28. The van der Waals surface area contributed by atoms with Gasteiger partial charge in [-0.15, -0.1) is 0 Å². The van der Waals surface area contributed by atoms with Gasteiger partial charge in [0.1, 0.15) is 0 Å². The van der Waals surface area contributed by atoms with Crippen LogP contribution in [0.4, 0.5) is 11.4 Å². The van der Waals surface area contributed by atoms with Crippen molar-refractivity contribution in [3.05, 3.63) is 55.3 Å². The summed E-state index contributed by atoms with van der Waals surface area (Å²) < 4.78 is 5.71. The summed E-state index contributed by atoms with van der Waals surface area (Å²) in [5.41, 5.74) is 0.711. The van der Waals surface area contributed by atoms with Crippen LogP contribution in [-0.4, -0.2) is 10.8 Å². The number of carbonyl (C=O) groups excluding carboxylic acids is 1. The van der Waals surface area contributed by atoms with Gasteiger partial charge < -0.3 is 9.73 Å². The Morgan fingerprint density at radius 3 is 2.58 bits per heavy atom. The molecule has 0 unspecified atom stereocenters. The Morgan fingerprint density at radius 1 is 1.32 bits per heavy atom. The molecule has 2 rings (SSSR count). The molecule has 0 aliphatic rings. The van der Waals surface area contributed by atoms with Crippen LogP contribution in [0.25, 0.3) is 0 Å². The summed E-state index contributed by atoms with van der Waals surface area (Å²) in [5.74, 6) is -0.379. The van der Waals surface area contributed by atoms with Gasteiger partial charge in [0.25, 0.3) is 11.6 Å². The number of nitrogens with one attached hydrogen (secondary N) is 1. The Hall–Kier alpha value is -1.67. The molecule has 0 saturated carbocycles. The molecule has 1 aromatic heterocycles. The second kappa shape index (κ2) is 5.54. The number of rotatable bonds is 3. The molecule has 1 aromatic carbocycles. The zero-order valence-electron chi connectivity index (χ0n) is 9.22. The number of benzene rings is 1. The van der Waals surface area contributed by atoms with Crippen molar-refractivity contribution in [2.24, 2.45) is 0 Å². The van der Waals surface area contributed by atoms with Crippen molar-refractivity contribution in [3.8, 4) is 0 Å². The van der Waals surface area contributed by atoms with Crippen molar-refractivity contribution in [3.63, 3.8) is 0 Å². The summed E-state index contributed by atoms with van der Waals surface area (Å²) in [6, 6.07) is 5.59. The molecule has 0 aliphatic heterocycles. The number of carbonyl (C=O) groups is 1. The number of nitro benzene ring substituents is 1. The summed E-state index contributed by atoms with van der Waals surface area (Å²) in [5, 5.41) is 13.2. The highest BCUT2D eigenvalue weighted by atomic mass is 79.9. The fourth-order valence-electron chi connectivity index (χ4n) is 1.36. The summed E-state index contributed by atoms with van der Waals surface area (Å²) in [6.45, 7) is 0. The molecule has 98 valence electrons. The van der Waals surface area contributed by atoms with Gasteiger partial charge in [-0.3, -0.25) is 14.9 Å². The summed E-state index contributed by atoms with van der Waals surface area (Å²) in [4.78, 5) is 22.0. The van der Waals surface area contributed by atoms with E-state index in [9.17, 15) is 14.9 Å². The fraction of sp³-hybridized carbons (Fsp3) is 0. The molecule has 19 heavy (non-hydrogen) atoms. The number of hydrogen-bond acceptors (Lipinski definition) is 4. The van der Waals surface area contributed by atoms with Gasteiger partial charge in [0.15, 0.2) is 4.67 Å². The number of hydrogen-bond donors (Lipinski definition) is 1. The number of halogens is 2. The van der Waals surface area contributed by atoms with E-state index in [4.69, 9.17) is 4.42 Å². The van der Waals surface area contributed by atoms with E-state index in [-0.39, 0.29) is 11.6 Å². The molecule has 0 radical (unpaired) electrons. The van der Waals surface area contributed by atoms with Gasteiger partial charge >= 0.3 is 0 Å². The van der Waals surface area contributed by atoms with Crippen molar-refractivity contribution in [2.45, 2.75) is 0 Å². The van der Waals surface area contributed by atoms with E-state index in [0.29, 0.717) is 20.4 Å². The van der Waals surface area contributed by atoms with E-state index in [1.807, 2.05) is 0 Å². The van der Waals surface area contributed by atoms with E-state index in [2.05, 4.69) is 37.2 Å². The average molecular weight is 390 g/mol. The smallest absolute Gasteiger partial charge is 0.270 e. The molecule has 0 spiro atoms. The van der Waals surface area contributed by atoms with Crippen molar-refractivity contribution >= 4 is 49.1 Å².